The zero-order valence-corrected chi connectivity index (χ0v) is 13.6. The Morgan fingerprint density at radius 2 is 1.85 bits per heavy atom. The lowest BCUT2D eigenvalue weighted by atomic mass is 10.2. The maximum atomic E-state index is 11.7. The molecule has 0 fully saturated rings. The van der Waals surface area contributed by atoms with Crippen molar-refractivity contribution in [2.75, 3.05) is 18.9 Å². The van der Waals surface area contributed by atoms with Gasteiger partial charge in [0.25, 0.3) is 10.1 Å². The van der Waals surface area contributed by atoms with Gasteiger partial charge in [0.05, 0.1) is 0 Å². The van der Waals surface area contributed by atoms with E-state index in [4.69, 9.17) is 4.55 Å². The van der Waals surface area contributed by atoms with Crippen molar-refractivity contribution in [1.82, 2.24) is 5.32 Å². The van der Waals surface area contributed by atoms with Gasteiger partial charge in [0.2, 0.25) is 13.3 Å². The molecule has 0 spiro atoms. The van der Waals surface area contributed by atoms with Crippen LogP contribution in [0.1, 0.15) is 39.5 Å². The number of rotatable bonds is 10. The number of hydrogen-bond acceptors (Lipinski definition) is 4. The molecule has 0 rings (SSSR count). The molecular weight excluding hydrogens is 305 g/mol. The molecule has 3 N–H and O–H groups in total. The molecule has 2 unspecified atom stereocenters. The molecule has 0 aliphatic carbocycles. The SMILES string of the molecule is CCCCC(C(=O)NCCP(=O)(O)CCC)S(=O)(=O)O. The Kier molecular flexibility index (Phi) is 8.58. The standard InChI is InChI=1S/C11H24NO6PS/c1-3-5-6-10(20(16,17)18)11(13)12-7-9-19(14,15)8-4-2/h10H,3-9H2,1-2H3,(H,12,13)(H,14,15)(H,16,17,18). The summed E-state index contributed by atoms with van der Waals surface area (Å²) in [7, 11) is -7.72. The normalized spacial score (nSPS) is 16.4. The predicted octanol–water partition coefficient (Wildman–Crippen LogP) is 1.23. The Morgan fingerprint density at radius 3 is 2.30 bits per heavy atom. The van der Waals surface area contributed by atoms with Crippen LogP contribution in [0.4, 0.5) is 0 Å². The van der Waals surface area contributed by atoms with Gasteiger partial charge in [-0.2, -0.15) is 8.42 Å². The minimum atomic E-state index is -4.46. The molecule has 0 radical (unpaired) electrons. The van der Waals surface area contributed by atoms with Crippen LogP contribution in [0.5, 0.6) is 0 Å². The zero-order valence-electron chi connectivity index (χ0n) is 11.9. The van der Waals surface area contributed by atoms with Crippen molar-refractivity contribution >= 4 is 23.4 Å². The molecule has 0 heterocycles. The summed E-state index contributed by atoms with van der Waals surface area (Å²) in [5, 5.41) is 0.795. The van der Waals surface area contributed by atoms with E-state index in [0.29, 0.717) is 19.3 Å². The minimum absolute atomic E-state index is 0.0346. The molecule has 0 saturated carbocycles. The lowest BCUT2D eigenvalue weighted by Crippen LogP contribution is -2.40. The van der Waals surface area contributed by atoms with E-state index >= 15 is 0 Å². The molecule has 0 aromatic rings. The predicted molar refractivity (Wildman–Crippen MR) is 77.7 cm³/mol. The fraction of sp³-hybridized carbons (Fsp3) is 0.909. The molecular formula is C11H24NO6PS. The third-order valence-electron chi connectivity index (χ3n) is 2.81. The molecule has 7 nitrogen and oxygen atoms in total. The second-order valence-electron chi connectivity index (χ2n) is 4.73. The first kappa shape index (κ1) is 19.6. The van der Waals surface area contributed by atoms with Crippen LogP contribution in [0.15, 0.2) is 0 Å². The summed E-state index contributed by atoms with van der Waals surface area (Å²) in [6, 6.07) is 0. The second kappa shape index (κ2) is 8.77. The van der Waals surface area contributed by atoms with E-state index in [1.165, 1.54) is 0 Å². The third kappa shape index (κ3) is 7.99. The highest BCUT2D eigenvalue weighted by molar-refractivity contribution is 7.87. The summed E-state index contributed by atoms with van der Waals surface area (Å²) >= 11 is 0. The van der Waals surface area contributed by atoms with Crippen molar-refractivity contribution < 1.29 is 27.2 Å². The first-order valence-electron chi connectivity index (χ1n) is 6.69. The van der Waals surface area contributed by atoms with Gasteiger partial charge < -0.3 is 10.2 Å². The molecule has 9 heteroatoms. The van der Waals surface area contributed by atoms with E-state index in [1.807, 2.05) is 6.92 Å². The van der Waals surface area contributed by atoms with Crippen molar-refractivity contribution in [1.29, 1.82) is 0 Å². The van der Waals surface area contributed by atoms with Gasteiger partial charge in [0, 0.05) is 18.9 Å². The summed E-state index contributed by atoms with van der Waals surface area (Å²) in [6.07, 6.45) is 1.85. The van der Waals surface area contributed by atoms with Crippen LogP contribution in [0, 0.1) is 0 Å². The van der Waals surface area contributed by atoms with E-state index in [9.17, 15) is 22.7 Å². The number of carbonyl (C=O) groups is 1. The smallest absolute Gasteiger partial charge is 0.276 e. The molecule has 0 aromatic heterocycles. The Morgan fingerprint density at radius 1 is 1.25 bits per heavy atom. The highest BCUT2D eigenvalue weighted by atomic mass is 32.2. The average Bonchev–Trinajstić information content (AvgIpc) is 2.27. The summed E-state index contributed by atoms with van der Waals surface area (Å²) in [6.45, 7) is 3.54. The topological polar surface area (TPSA) is 121 Å². The summed E-state index contributed by atoms with van der Waals surface area (Å²) in [5.41, 5.74) is 0. The fourth-order valence-corrected chi connectivity index (χ4v) is 3.94. The van der Waals surface area contributed by atoms with E-state index in [-0.39, 0.29) is 25.3 Å². The van der Waals surface area contributed by atoms with Gasteiger partial charge in [-0.05, 0) is 12.8 Å². The number of hydrogen-bond donors (Lipinski definition) is 3. The molecule has 0 aliphatic heterocycles. The van der Waals surface area contributed by atoms with Crippen molar-refractivity contribution in [3.8, 4) is 0 Å². The van der Waals surface area contributed by atoms with Gasteiger partial charge >= 0.3 is 0 Å². The maximum Gasteiger partial charge on any atom is 0.276 e. The van der Waals surface area contributed by atoms with Crippen molar-refractivity contribution in [3.63, 3.8) is 0 Å². The average molecular weight is 329 g/mol. The van der Waals surface area contributed by atoms with Gasteiger partial charge in [-0.15, -0.1) is 0 Å². The Bertz CT molecular complexity index is 450. The Hall–Kier alpha value is -0.430. The lowest BCUT2D eigenvalue weighted by molar-refractivity contribution is -0.120. The van der Waals surface area contributed by atoms with E-state index in [0.717, 1.165) is 0 Å². The van der Waals surface area contributed by atoms with Crippen LogP contribution in [-0.2, 0) is 19.5 Å². The van der Waals surface area contributed by atoms with Crippen LogP contribution in [0.25, 0.3) is 0 Å². The highest BCUT2D eigenvalue weighted by Crippen LogP contribution is 2.39. The molecule has 120 valence electrons. The third-order valence-corrected chi connectivity index (χ3v) is 6.04. The molecule has 0 aliphatic rings. The maximum absolute atomic E-state index is 11.7. The monoisotopic (exact) mass is 329 g/mol. The summed E-state index contributed by atoms with van der Waals surface area (Å²) in [5.74, 6) is -0.822. The zero-order chi connectivity index (χ0) is 15.8. The Labute approximate surface area is 120 Å². The summed E-state index contributed by atoms with van der Waals surface area (Å²) < 4.78 is 42.9. The highest BCUT2D eigenvalue weighted by Gasteiger charge is 2.30. The van der Waals surface area contributed by atoms with Crippen LogP contribution >= 0.6 is 7.37 Å². The second-order valence-corrected chi connectivity index (χ2v) is 8.92. The molecule has 20 heavy (non-hydrogen) atoms. The first-order chi connectivity index (χ1) is 9.14. The van der Waals surface area contributed by atoms with E-state index < -0.39 is 28.6 Å². The fourth-order valence-electron chi connectivity index (χ4n) is 1.73. The summed E-state index contributed by atoms with van der Waals surface area (Å²) in [4.78, 5) is 21.2. The van der Waals surface area contributed by atoms with Crippen molar-refractivity contribution in [2.45, 2.75) is 44.8 Å². The number of amides is 1. The van der Waals surface area contributed by atoms with Gasteiger partial charge in [-0.1, -0.05) is 26.7 Å². The van der Waals surface area contributed by atoms with Gasteiger partial charge in [-0.3, -0.25) is 13.9 Å². The van der Waals surface area contributed by atoms with Crippen LogP contribution in [-0.4, -0.2) is 47.9 Å². The first-order valence-corrected chi connectivity index (χ1v) is 10.2. The van der Waals surface area contributed by atoms with Gasteiger partial charge in [0.15, 0.2) is 5.25 Å². The Balaban J connectivity index is 4.45. The lowest BCUT2D eigenvalue weighted by Gasteiger charge is -2.15. The largest absolute Gasteiger partial charge is 0.354 e. The van der Waals surface area contributed by atoms with E-state index in [1.54, 1.807) is 6.92 Å². The van der Waals surface area contributed by atoms with Crippen molar-refractivity contribution in [2.24, 2.45) is 0 Å². The number of carbonyl (C=O) groups excluding carboxylic acids is 1. The number of nitrogens with one attached hydrogen (secondary N) is 1. The van der Waals surface area contributed by atoms with Crippen molar-refractivity contribution in [3.05, 3.63) is 0 Å². The number of unbranched alkanes of at least 4 members (excludes halogenated alkanes) is 1. The molecule has 2 atom stereocenters. The van der Waals surface area contributed by atoms with E-state index in [2.05, 4.69) is 5.32 Å². The molecule has 0 bridgehead atoms. The molecule has 0 aromatic carbocycles. The van der Waals surface area contributed by atoms with Crippen LogP contribution in [0.2, 0.25) is 0 Å². The van der Waals surface area contributed by atoms with Crippen LogP contribution in [0.3, 0.4) is 0 Å². The van der Waals surface area contributed by atoms with Gasteiger partial charge in [-0.25, -0.2) is 0 Å². The molecule has 0 saturated heterocycles. The van der Waals surface area contributed by atoms with Gasteiger partial charge in [0.1, 0.15) is 0 Å². The minimum Gasteiger partial charge on any atom is -0.354 e. The quantitative estimate of drug-likeness (QED) is 0.409. The van der Waals surface area contributed by atoms with Crippen LogP contribution < -0.4 is 5.32 Å². The molecule has 1 amide bonds.